The van der Waals surface area contributed by atoms with Crippen molar-refractivity contribution in [3.8, 4) is 0 Å². The number of alkyl halides is 4. The van der Waals surface area contributed by atoms with Gasteiger partial charge in [0.2, 0.25) is 0 Å². The van der Waals surface area contributed by atoms with Gasteiger partial charge in [0, 0.05) is 13.3 Å². The molecule has 1 aliphatic heterocycles. The highest BCUT2D eigenvalue weighted by Gasteiger charge is 2.64. The molecule has 0 amide bonds. The van der Waals surface area contributed by atoms with E-state index in [1.807, 2.05) is 0 Å². The maximum Gasteiger partial charge on any atom is 0.313 e. The highest BCUT2D eigenvalue weighted by Crippen LogP contribution is 2.66. The zero-order valence-electron chi connectivity index (χ0n) is 25.4. The molecule has 4 saturated carbocycles. The molecule has 0 spiro atoms. The molecule has 240 valence electrons. The van der Waals surface area contributed by atoms with Crippen LogP contribution in [0.15, 0.2) is 0 Å². The summed E-state index contributed by atoms with van der Waals surface area (Å²) >= 11 is 0. The minimum absolute atomic E-state index is 0.0221. The van der Waals surface area contributed by atoms with Gasteiger partial charge < -0.3 is 23.7 Å². The van der Waals surface area contributed by atoms with Gasteiger partial charge in [-0.05, 0) is 85.0 Å². The normalized spacial score (nSPS) is 34.1. The van der Waals surface area contributed by atoms with Crippen molar-refractivity contribution < 1.29 is 55.6 Å². The summed E-state index contributed by atoms with van der Waals surface area (Å²) in [6.07, 6.45) is 1.11. The Morgan fingerprint density at radius 3 is 1.86 bits per heavy atom. The lowest BCUT2D eigenvalue weighted by Crippen LogP contribution is -2.58. The molecule has 1 heterocycles. The molecule has 4 bridgehead atoms. The topological polar surface area (TPSA) is 97.4 Å². The second-order valence-corrected chi connectivity index (χ2v) is 14.5. The van der Waals surface area contributed by atoms with Crippen molar-refractivity contribution in [2.24, 2.45) is 22.7 Å². The zero-order valence-corrected chi connectivity index (χ0v) is 25.4. The van der Waals surface area contributed by atoms with E-state index in [2.05, 4.69) is 0 Å². The number of carbonyl (C=O) groups is 3. The van der Waals surface area contributed by atoms with Crippen LogP contribution in [0.1, 0.15) is 99.3 Å². The minimum Gasteiger partial charge on any atom is -0.465 e. The van der Waals surface area contributed by atoms with Crippen LogP contribution in [-0.4, -0.2) is 66.6 Å². The van der Waals surface area contributed by atoms with Crippen LogP contribution in [0, 0.1) is 22.7 Å². The third kappa shape index (κ3) is 7.39. The van der Waals surface area contributed by atoms with Crippen LogP contribution in [-0.2, 0) is 38.1 Å². The highest BCUT2D eigenvalue weighted by molar-refractivity contribution is 5.83. The lowest BCUT2D eigenvalue weighted by Gasteiger charge is -2.59. The average Bonchev–Trinajstić information content (AvgIpc) is 2.78. The smallest absolute Gasteiger partial charge is 0.313 e. The Hall–Kier alpha value is -1.95. The molecular weight excluding hydrogens is 564 g/mol. The molecular formula is C30H44F4O8. The molecule has 0 N–H and O–H groups in total. The SMILES string of the molecule is CC(C)(C)OC(=O)CC1CC(COC(=O)C23CC4CC(CC(C(=O)OCCC(F)(F)C(C)(F)F)(C4)C2)C3)OC(C)(C)O1. The molecule has 4 unspecified atom stereocenters. The summed E-state index contributed by atoms with van der Waals surface area (Å²) in [5.41, 5.74) is -2.58. The molecule has 0 aromatic rings. The predicted molar refractivity (Wildman–Crippen MR) is 141 cm³/mol. The van der Waals surface area contributed by atoms with E-state index in [1.165, 1.54) is 0 Å². The molecule has 0 aromatic carbocycles. The third-order valence-electron chi connectivity index (χ3n) is 8.86. The van der Waals surface area contributed by atoms with E-state index in [-0.39, 0.29) is 38.2 Å². The Kier molecular flexibility index (Phi) is 8.79. The van der Waals surface area contributed by atoms with Crippen molar-refractivity contribution in [2.45, 2.75) is 135 Å². The number of halogens is 4. The van der Waals surface area contributed by atoms with E-state index in [0.717, 1.165) is 6.42 Å². The number of rotatable bonds is 10. The van der Waals surface area contributed by atoms with Crippen LogP contribution in [0.2, 0.25) is 0 Å². The van der Waals surface area contributed by atoms with Crippen molar-refractivity contribution in [2.75, 3.05) is 13.2 Å². The van der Waals surface area contributed by atoms with Gasteiger partial charge in [-0.25, -0.2) is 8.78 Å². The molecule has 42 heavy (non-hydrogen) atoms. The van der Waals surface area contributed by atoms with Crippen molar-refractivity contribution in [3.63, 3.8) is 0 Å². The lowest BCUT2D eigenvalue weighted by atomic mass is 9.44. The maximum absolute atomic E-state index is 13.7. The van der Waals surface area contributed by atoms with E-state index in [1.54, 1.807) is 34.6 Å². The molecule has 4 aliphatic carbocycles. The molecule has 8 nitrogen and oxygen atoms in total. The van der Waals surface area contributed by atoms with E-state index >= 15 is 0 Å². The summed E-state index contributed by atoms with van der Waals surface area (Å²) in [6.45, 7) is 8.02. The fourth-order valence-corrected chi connectivity index (χ4v) is 7.72. The first kappa shape index (κ1) is 33.0. The summed E-state index contributed by atoms with van der Waals surface area (Å²) in [5, 5.41) is 0. The Labute approximate surface area is 244 Å². The van der Waals surface area contributed by atoms with Gasteiger partial charge in [0.1, 0.15) is 12.2 Å². The molecule has 5 aliphatic rings. The van der Waals surface area contributed by atoms with Gasteiger partial charge >= 0.3 is 29.8 Å². The summed E-state index contributed by atoms with van der Waals surface area (Å²) in [5.74, 6) is -11.0. The summed E-state index contributed by atoms with van der Waals surface area (Å²) in [4.78, 5) is 39.2. The van der Waals surface area contributed by atoms with Gasteiger partial charge in [-0.1, -0.05) is 0 Å². The van der Waals surface area contributed by atoms with E-state index in [0.29, 0.717) is 32.1 Å². The second kappa shape index (κ2) is 11.2. The first-order valence-electron chi connectivity index (χ1n) is 14.8. The molecule has 0 radical (unpaired) electrons. The van der Waals surface area contributed by atoms with E-state index in [4.69, 9.17) is 23.7 Å². The number of esters is 3. The Bertz CT molecular complexity index is 1030. The van der Waals surface area contributed by atoms with Gasteiger partial charge in [-0.2, -0.15) is 8.78 Å². The van der Waals surface area contributed by atoms with Crippen molar-refractivity contribution in [3.05, 3.63) is 0 Å². The summed E-state index contributed by atoms with van der Waals surface area (Å²) in [6, 6.07) is 0. The number of hydrogen-bond donors (Lipinski definition) is 0. The second-order valence-electron chi connectivity index (χ2n) is 14.5. The fraction of sp³-hybridized carbons (Fsp3) is 0.900. The number of hydrogen-bond acceptors (Lipinski definition) is 8. The predicted octanol–water partition coefficient (Wildman–Crippen LogP) is 5.98. The van der Waals surface area contributed by atoms with Gasteiger partial charge in [-0.3, -0.25) is 14.4 Å². The van der Waals surface area contributed by atoms with Crippen LogP contribution in [0.3, 0.4) is 0 Å². The molecule has 0 aromatic heterocycles. The van der Waals surface area contributed by atoms with Crippen LogP contribution < -0.4 is 0 Å². The third-order valence-corrected chi connectivity index (χ3v) is 8.86. The molecule has 4 atom stereocenters. The van der Waals surface area contributed by atoms with Gasteiger partial charge in [0.25, 0.3) is 0 Å². The Morgan fingerprint density at radius 2 is 1.33 bits per heavy atom. The standard InChI is InChI=1S/C30H44F4O8/c1-25(2,3)42-22(35)11-20-10-21(41-26(4,5)40-20)16-39-24(37)29-14-18-9-19(15-29)13-28(12-18,17-29)23(36)38-8-7-30(33,34)27(6,31)32/h18-21H,7-17H2,1-6H3. The Balaban J connectivity index is 1.37. The molecule has 5 fully saturated rings. The van der Waals surface area contributed by atoms with Crippen molar-refractivity contribution >= 4 is 17.9 Å². The minimum atomic E-state index is -4.30. The van der Waals surface area contributed by atoms with Crippen LogP contribution in [0.25, 0.3) is 0 Å². The number of carbonyl (C=O) groups excluding carboxylic acids is 3. The van der Waals surface area contributed by atoms with Gasteiger partial charge in [-0.15, -0.1) is 0 Å². The zero-order chi connectivity index (χ0) is 31.4. The summed E-state index contributed by atoms with van der Waals surface area (Å²) in [7, 11) is 0. The first-order chi connectivity index (χ1) is 19.1. The summed E-state index contributed by atoms with van der Waals surface area (Å²) < 4.78 is 82.0. The van der Waals surface area contributed by atoms with Crippen LogP contribution >= 0.6 is 0 Å². The number of ether oxygens (including phenoxy) is 5. The highest BCUT2D eigenvalue weighted by atomic mass is 19.3. The monoisotopic (exact) mass is 608 g/mol. The first-order valence-corrected chi connectivity index (χ1v) is 14.8. The van der Waals surface area contributed by atoms with Crippen molar-refractivity contribution in [1.82, 2.24) is 0 Å². The Morgan fingerprint density at radius 1 is 0.810 bits per heavy atom. The van der Waals surface area contributed by atoms with E-state index < -0.39 is 77.2 Å². The average molecular weight is 609 g/mol. The van der Waals surface area contributed by atoms with Crippen LogP contribution in [0.5, 0.6) is 0 Å². The van der Waals surface area contributed by atoms with Crippen LogP contribution in [0.4, 0.5) is 17.6 Å². The maximum atomic E-state index is 13.7. The molecule has 12 heteroatoms. The quantitative estimate of drug-likeness (QED) is 0.170. The molecule has 5 rings (SSSR count). The van der Waals surface area contributed by atoms with E-state index in [9.17, 15) is 31.9 Å². The van der Waals surface area contributed by atoms with Gasteiger partial charge in [0.05, 0.1) is 42.5 Å². The fourth-order valence-electron chi connectivity index (χ4n) is 7.72. The van der Waals surface area contributed by atoms with Crippen molar-refractivity contribution in [1.29, 1.82) is 0 Å². The lowest BCUT2D eigenvalue weighted by molar-refractivity contribution is -0.305. The largest absolute Gasteiger partial charge is 0.465 e. The van der Waals surface area contributed by atoms with Gasteiger partial charge in [0.15, 0.2) is 5.79 Å². The molecule has 1 saturated heterocycles.